The van der Waals surface area contributed by atoms with Gasteiger partial charge in [0.2, 0.25) is 6.79 Å². The van der Waals surface area contributed by atoms with Crippen molar-refractivity contribution in [1.29, 1.82) is 0 Å². The van der Waals surface area contributed by atoms with Gasteiger partial charge in [-0.3, -0.25) is 9.67 Å². The summed E-state index contributed by atoms with van der Waals surface area (Å²) in [6, 6.07) is 4.89. The molecule has 0 spiro atoms. The Morgan fingerprint density at radius 3 is 2.63 bits per heavy atom. The first-order chi connectivity index (χ1) is 12.6. The first-order valence-corrected chi connectivity index (χ1v) is 7.85. The van der Waals surface area contributed by atoms with Crippen molar-refractivity contribution in [3.05, 3.63) is 35.7 Å². The lowest BCUT2D eigenvalue weighted by Gasteiger charge is -2.15. The summed E-state index contributed by atoms with van der Waals surface area (Å²) in [5.41, 5.74) is 1.47. The Kier molecular flexibility index (Phi) is 7.45. The van der Waals surface area contributed by atoms with Crippen LogP contribution >= 0.6 is 24.0 Å². The molecule has 0 atom stereocenters. The lowest BCUT2D eigenvalue weighted by Crippen LogP contribution is -2.36. The standard InChI is InChI=1S/C16H19F2N5O3.HI/c1-19-16(21-8-11-3-4-22-23(11)2)20-7-10-5-13-14(25-9-24-13)6-12(10)26-15(17)18;/h3-6,15H,7-9H2,1-2H3,(H2,19,20,21);1H. The fourth-order valence-electron chi connectivity index (χ4n) is 2.46. The van der Waals surface area contributed by atoms with Crippen molar-refractivity contribution in [2.75, 3.05) is 13.8 Å². The van der Waals surface area contributed by atoms with E-state index in [-0.39, 0.29) is 43.1 Å². The average Bonchev–Trinajstić information content (AvgIpc) is 3.22. The van der Waals surface area contributed by atoms with Gasteiger partial charge in [0.15, 0.2) is 17.5 Å². The van der Waals surface area contributed by atoms with Crippen molar-refractivity contribution in [1.82, 2.24) is 20.4 Å². The molecule has 0 bridgehead atoms. The maximum atomic E-state index is 12.7. The molecular formula is C16H20F2IN5O3. The summed E-state index contributed by atoms with van der Waals surface area (Å²) in [5, 5.41) is 10.3. The van der Waals surface area contributed by atoms with Crippen LogP contribution in [0.5, 0.6) is 17.2 Å². The number of aliphatic imine (C=N–C) groups is 1. The quantitative estimate of drug-likeness (QED) is 0.364. The molecule has 11 heteroatoms. The molecule has 0 amide bonds. The molecule has 0 saturated carbocycles. The monoisotopic (exact) mass is 495 g/mol. The van der Waals surface area contributed by atoms with E-state index < -0.39 is 6.61 Å². The van der Waals surface area contributed by atoms with E-state index in [0.717, 1.165) is 5.69 Å². The van der Waals surface area contributed by atoms with E-state index in [4.69, 9.17) is 9.47 Å². The topological polar surface area (TPSA) is 81.9 Å². The van der Waals surface area contributed by atoms with Crippen LogP contribution in [0.15, 0.2) is 29.4 Å². The molecule has 1 aromatic heterocycles. The number of halogens is 3. The normalized spacial score (nSPS) is 12.7. The lowest BCUT2D eigenvalue weighted by molar-refractivity contribution is -0.0505. The maximum Gasteiger partial charge on any atom is 0.387 e. The predicted molar refractivity (Wildman–Crippen MR) is 105 cm³/mol. The fourth-order valence-corrected chi connectivity index (χ4v) is 2.46. The Labute approximate surface area is 171 Å². The number of aryl methyl sites for hydroxylation is 1. The van der Waals surface area contributed by atoms with Gasteiger partial charge >= 0.3 is 6.61 Å². The third-order valence-corrected chi connectivity index (χ3v) is 3.80. The number of nitrogens with zero attached hydrogens (tertiary/aromatic N) is 3. The highest BCUT2D eigenvalue weighted by Gasteiger charge is 2.20. The van der Waals surface area contributed by atoms with Crippen LogP contribution in [0.2, 0.25) is 0 Å². The Morgan fingerprint density at radius 2 is 2.00 bits per heavy atom. The molecule has 2 N–H and O–H groups in total. The van der Waals surface area contributed by atoms with Crippen LogP contribution in [0.4, 0.5) is 8.78 Å². The number of alkyl halides is 2. The number of nitrogens with one attached hydrogen (secondary N) is 2. The molecule has 0 radical (unpaired) electrons. The molecule has 2 heterocycles. The van der Waals surface area contributed by atoms with Crippen LogP contribution < -0.4 is 24.8 Å². The van der Waals surface area contributed by atoms with Gasteiger partial charge in [0, 0.05) is 38.5 Å². The SMILES string of the molecule is CN=C(NCc1cc2c(cc1OC(F)F)OCO2)NCc1ccnn1C.I. The summed E-state index contributed by atoms with van der Waals surface area (Å²) in [6.45, 7) is -2.16. The van der Waals surface area contributed by atoms with Crippen LogP contribution in [0, 0.1) is 0 Å². The summed E-state index contributed by atoms with van der Waals surface area (Å²) in [5.74, 6) is 1.40. The molecule has 3 rings (SSSR count). The molecule has 0 saturated heterocycles. The van der Waals surface area contributed by atoms with Gasteiger partial charge in [-0.2, -0.15) is 13.9 Å². The molecule has 148 valence electrons. The van der Waals surface area contributed by atoms with Crippen LogP contribution in [0.1, 0.15) is 11.3 Å². The minimum absolute atomic E-state index is 0. The van der Waals surface area contributed by atoms with E-state index in [2.05, 4.69) is 25.5 Å². The average molecular weight is 495 g/mol. The number of fused-ring (bicyclic) bond motifs is 1. The van der Waals surface area contributed by atoms with Crippen LogP contribution in [-0.2, 0) is 20.1 Å². The van der Waals surface area contributed by atoms with Gasteiger partial charge < -0.3 is 24.8 Å². The van der Waals surface area contributed by atoms with Gasteiger partial charge in [0.05, 0.1) is 12.2 Å². The van der Waals surface area contributed by atoms with Crippen molar-refractivity contribution in [3.63, 3.8) is 0 Å². The molecule has 0 fully saturated rings. The van der Waals surface area contributed by atoms with E-state index in [1.54, 1.807) is 24.0 Å². The van der Waals surface area contributed by atoms with E-state index in [1.807, 2.05) is 13.1 Å². The van der Waals surface area contributed by atoms with Gasteiger partial charge in [-0.15, -0.1) is 24.0 Å². The smallest absolute Gasteiger partial charge is 0.387 e. The van der Waals surface area contributed by atoms with Crippen molar-refractivity contribution in [3.8, 4) is 17.2 Å². The third kappa shape index (κ3) is 5.34. The predicted octanol–water partition coefficient (Wildman–Crippen LogP) is 2.23. The van der Waals surface area contributed by atoms with Gasteiger partial charge in [-0.1, -0.05) is 0 Å². The highest BCUT2D eigenvalue weighted by Crippen LogP contribution is 2.38. The minimum atomic E-state index is -2.93. The highest BCUT2D eigenvalue weighted by atomic mass is 127. The number of aromatic nitrogens is 2. The molecule has 0 aliphatic carbocycles. The highest BCUT2D eigenvalue weighted by molar-refractivity contribution is 14.0. The van der Waals surface area contributed by atoms with E-state index in [9.17, 15) is 8.78 Å². The first kappa shape index (κ1) is 21.0. The fraction of sp³-hybridized carbons (Fsp3) is 0.375. The van der Waals surface area contributed by atoms with E-state index in [0.29, 0.717) is 29.6 Å². The summed E-state index contributed by atoms with van der Waals surface area (Å²) in [6.07, 6.45) is 1.70. The van der Waals surface area contributed by atoms with Gasteiger partial charge in [-0.25, -0.2) is 0 Å². The van der Waals surface area contributed by atoms with E-state index in [1.165, 1.54) is 6.07 Å². The van der Waals surface area contributed by atoms with Gasteiger partial charge in [-0.05, 0) is 12.1 Å². The summed E-state index contributed by atoms with van der Waals surface area (Å²) in [7, 11) is 3.46. The number of ether oxygens (including phenoxy) is 3. The minimum Gasteiger partial charge on any atom is -0.454 e. The number of rotatable bonds is 6. The second kappa shape index (κ2) is 9.58. The zero-order chi connectivity index (χ0) is 18.5. The second-order valence-electron chi connectivity index (χ2n) is 5.42. The zero-order valence-corrected chi connectivity index (χ0v) is 17.1. The summed E-state index contributed by atoms with van der Waals surface area (Å²) >= 11 is 0. The molecular weight excluding hydrogens is 475 g/mol. The lowest BCUT2D eigenvalue weighted by atomic mass is 10.1. The van der Waals surface area contributed by atoms with E-state index >= 15 is 0 Å². The molecule has 2 aromatic rings. The number of benzene rings is 1. The number of guanidine groups is 1. The summed E-state index contributed by atoms with van der Waals surface area (Å²) < 4.78 is 42.2. The molecule has 1 aliphatic rings. The maximum absolute atomic E-state index is 12.7. The largest absolute Gasteiger partial charge is 0.454 e. The molecule has 1 aromatic carbocycles. The second-order valence-corrected chi connectivity index (χ2v) is 5.42. The van der Waals surface area contributed by atoms with Gasteiger partial charge in [0.1, 0.15) is 5.75 Å². The molecule has 1 aliphatic heterocycles. The summed E-state index contributed by atoms with van der Waals surface area (Å²) in [4.78, 5) is 4.12. The number of hydrogen-bond acceptors (Lipinski definition) is 5. The van der Waals surface area contributed by atoms with Crippen LogP contribution in [-0.4, -0.2) is 36.2 Å². The molecule has 8 nitrogen and oxygen atoms in total. The van der Waals surface area contributed by atoms with Gasteiger partial charge in [0.25, 0.3) is 0 Å². The van der Waals surface area contributed by atoms with Crippen molar-refractivity contribution >= 4 is 29.9 Å². The Bertz CT molecular complexity index is 800. The Balaban J connectivity index is 0.00000261. The Morgan fingerprint density at radius 1 is 1.30 bits per heavy atom. The first-order valence-electron chi connectivity index (χ1n) is 7.85. The van der Waals surface area contributed by atoms with Crippen LogP contribution in [0.25, 0.3) is 0 Å². The van der Waals surface area contributed by atoms with Crippen molar-refractivity contribution < 1.29 is 23.0 Å². The van der Waals surface area contributed by atoms with Crippen LogP contribution in [0.3, 0.4) is 0 Å². The number of hydrogen-bond donors (Lipinski definition) is 2. The molecule has 27 heavy (non-hydrogen) atoms. The zero-order valence-electron chi connectivity index (χ0n) is 14.7. The third-order valence-electron chi connectivity index (χ3n) is 3.80. The molecule has 0 unspecified atom stereocenters. The van der Waals surface area contributed by atoms with Crippen molar-refractivity contribution in [2.24, 2.45) is 12.0 Å². The van der Waals surface area contributed by atoms with Crippen molar-refractivity contribution in [2.45, 2.75) is 19.7 Å². The Hall–Kier alpha value is -2.31.